The Kier molecular flexibility index (Phi) is 4.33. The van der Waals surface area contributed by atoms with Crippen LogP contribution in [0, 0.1) is 0 Å². The summed E-state index contributed by atoms with van der Waals surface area (Å²) in [4.78, 5) is 50.5. The van der Waals surface area contributed by atoms with E-state index in [0.29, 0.717) is 17.5 Å². The molecule has 1 aromatic rings. The highest BCUT2D eigenvalue weighted by Crippen LogP contribution is 2.41. The highest BCUT2D eigenvalue weighted by atomic mass is 16.6. The zero-order chi connectivity index (χ0) is 19.1. The fourth-order valence-corrected chi connectivity index (χ4v) is 3.61. The van der Waals surface area contributed by atoms with Gasteiger partial charge in [0.15, 0.2) is 0 Å². The molecule has 1 N–H and O–H groups in total. The molecular weight excluding hydrogens is 352 g/mol. The molecule has 2 fully saturated rings. The standard InChI is InChI=1S/C19H20N2O6/c1-10-8-14(19(25)26-10)27-15(22)9-20-17(23)16-12-4-2-3-5-13(12)18(24)21(16)11-6-7-11/h2-5,10-11,14,16H,6-9H2,1H3,(H,20,23)/t10-,14+,16+/m1/s1. The number of hydrogen-bond donors (Lipinski definition) is 1. The number of cyclic esters (lactones) is 1. The van der Waals surface area contributed by atoms with Crippen LogP contribution in [0.25, 0.3) is 0 Å². The summed E-state index contributed by atoms with van der Waals surface area (Å²) in [6.07, 6.45) is 0.818. The molecule has 1 aromatic carbocycles. The Hall–Kier alpha value is -2.90. The predicted molar refractivity (Wildman–Crippen MR) is 91.4 cm³/mol. The van der Waals surface area contributed by atoms with Crippen LogP contribution < -0.4 is 5.32 Å². The summed E-state index contributed by atoms with van der Waals surface area (Å²) in [5.41, 5.74) is 1.17. The molecule has 3 aliphatic rings. The van der Waals surface area contributed by atoms with Gasteiger partial charge >= 0.3 is 11.9 Å². The molecule has 1 saturated heterocycles. The Labute approximate surface area is 155 Å². The molecule has 3 atom stereocenters. The van der Waals surface area contributed by atoms with E-state index >= 15 is 0 Å². The van der Waals surface area contributed by atoms with Crippen molar-refractivity contribution in [2.45, 2.75) is 50.5 Å². The molecular formula is C19H20N2O6. The van der Waals surface area contributed by atoms with Gasteiger partial charge < -0.3 is 19.7 Å². The summed E-state index contributed by atoms with van der Waals surface area (Å²) >= 11 is 0. The number of fused-ring (bicyclic) bond motifs is 1. The van der Waals surface area contributed by atoms with E-state index < -0.39 is 30.0 Å². The maximum absolute atomic E-state index is 12.7. The number of rotatable bonds is 5. The summed E-state index contributed by atoms with van der Waals surface area (Å²) in [6.45, 7) is 1.34. The minimum Gasteiger partial charge on any atom is -0.460 e. The van der Waals surface area contributed by atoms with Gasteiger partial charge in [0.1, 0.15) is 18.7 Å². The van der Waals surface area contributed by atoms with Crippen LogP contribution in [0.1, 0.15) is 48.1 Å². The molecule has 1 saturated carbocycles. The van der Waals surface area contributed by atoms with Gasteiger partial charge in [0.25, 0.3) is 5.91 Å². The van der Waals surface area contributed by atoms with Gasteiger partial charge in [0.05, 0.1) is 0 Å². The fraction of sp³-hybridized carbons (Fsp3) is 0.474. The zero-order valence-corrected chi connectivity index (χ0v) is 14.8. The summed E-state index contributed by atoms with van der Waals surface area (Å²) < 4.78 is 10.0. The Morgan fingerprint density at radius 1 is 1.26 bits per heavy atom. The van der Waals surface area contributed by atoms with E-state index in [1.807, 2.05) is 0 Å². The lowest BCUT2D eigenvalue weighted by atomic mass is 10.0. The molecule has 0 bridgehead atoms. The topological polar surface area (TPSA) is 102 Å². The first-order valence-electron chi connectivity index (χ1n) is 9.05. The van der Waals surface area contributed by atoms with E-state index in [1.54, 1.807) is 36.1 Å². The van der Waals surface area contributed by atoms with Crippen LogP contribution in [0.2, 0.25) is 0 Å². The lowest BCUT2D eigenvalue weighted by Crippen LogP contribution is -2.42. The van der Waals surface area contributed by atoms with Crippen molar-refractivity contribution in [3.05, 3.63) is 35.4 Å². The van der Waals surface area contributed by atoms with E-state index in [-0.39, 0.29) is 24.6 Å². The van der Waals surface area contributed by atoms with Crippen LogP contribution in [0.5, 0.6) is 0 Å². The van der Waals surface area contributed by atoms with E-state index in [1.165, 1.54) is 0 Å². The van der Waals surface area contributed by atoms with Crippen LogP contribution in [0.3, 0.4) is 0 Å². The van der Waals surface area contributed by atoms with Gasteiger partial charge in [-0.15, -0.1) is 0 Å². The number of nitrogens with one attached hydrogen (secondary N) is 1. The molecule has 0 radical (unpaired) electrons. The molecule has 2 heterocycles. The number of carbonyl (C=O) groups is 4. The number of nitrogens with zero attached hydrogens (tertiary/aromatic N) is 1. The SMILES string of the molecule is C[C@@H]1C[C@H](OC(=O)CNC(=O)[C@@H]2c3ccccc3C(=O)N2C2CC2)C(=O)O1. The van der Waals surface area contributed by atoms with Crippen LogP contribution in [0.15, 0.2) is 24.3 Å². The second-order valence-corrected chi connectivity index (χ2v) is 7.11. The van der Waals surface area contributed by atoms with Gasteiger partial charge in [-0.05, 0) is 31.4 Å². The minimum absolute atomic E-state index is 0.0577. The van der Waals surface area contributed by atoms with E-state index in [2.05, 4.69) is 5.32 Å². The molecule has 0 spiro atoms. The first-order valence-corrected chi connectivity index (χ1v) is 9.05. The van der Waals surface area contributed by atoms with Crippen LogP contribution in [0.4, 0.5) is 0 Å². The summed E-state index contributed by atoms with van der Waals surface area (Å²) in [5, 5.41) is 2.54. The van der Waals surface area contributed by atoms with Gasteiger partial charge in [-0.25, -0.2) is 4.79 Å². The first kappa shape index (κ1) is 17.5. The first-order chi connectivity index (χ1) is 13.0. The minimum atomic E-state index is -0.929. The monoisotopic (exact) mass is 372 g/mol. The Morgan fingerprint density at radius 3 is 2.67 bits per heavy atom. The molecule has 0 aromatic heterocycles. The second kappa shape index (κ2) is 6.68. The van der Waals surface area contributed by atoms with E-state index in [4.69, 9.17) is 9.47 Å². The highest BCUT2D eigenvalue weighted by molar-refractivity contribution is 6.05. The normalized spacial score (nSPS) is 26.6. The second-order valence-electron chi connectivity index (χ2n) is 7.11. The van der Waals surface area contributed by atoms with Crippen molar-refractivity contribution in [2.24, 2.45) is 0 Å². The number of benzene rings is 1. The lowest BCUT2D eigenvalue weighted by Gasteiger charge is -2.24. The third-order valence-corrected chi connectivity index (χ3v) is 4.99. The maximum Gasteiger partial charge on any atom is 0.347 e. The molecule has 8 nitrogen and oxygen atoms in total. The Bertz CT molecular complexity index is 818. The van der Waals surface area contributed by atoms with Crippen molar-refractivity contribution in [1.82, 2.24) is 10.2 Å². The summed E-state index contributed by atoms with van der Waals surface area (Å²) in [6, 6.07) is 6.33. The van der Waals surface area contributed by atoms with Gasteiger partial charge in [-0.3, -0.25) is 14.4 Å². The number of ether oxygens (including phenoxy) is 2. The Balaban J connectivity index is 1.41. The molecule has 1 aliphatic carbocycles. The molecule has 27 heavy (non-hydrogen) atoms. The van der Waals surface area contributed by atoms with Gasteiger partial charge in [0, 0.05) is 18.0 Å². The average Bonchev–Trinajstić information content (AvgIpc) is 3.37. The zero-order valence-electron chi connectivity index (χ0n) is 14.8. The van der Waals surface area contributed by atoms with Crippen molar-refractivity contribution < 1.29 is 28.7 Å². The van der Waals surface area contributed by atoms with Crippen LogP contribution in [-0.4, -0.2) is 53.4 Å². The van der Waals surface area contributed by atoms with E-state index in [0.717, 1.165) is 12.8 Å². The quantitative estimate of drug-likeness (QED) is 0.764. The van der Waals surface area contributed by atoms with Crippen LogP contribution >= 0.6 is 0 Å². The third-order valence-electron chi connectivity index (χ3n) is 4.99. The molecule has 0 unspecified atom stereocenters. The molecule has 2 amide bonds. The van der Waals surface area contributed by atoms with Gasteiger partial charge in [0.2, 0.25) is 12.0 Å². The average molecular weight is 372 g/mol. The van der Waals surface area contributed by atoms with Crippen molar-refractivity contribution >= 4 is 23.8 Å². The van der Waals surface area contributed by atoms with Gasteiger partial charge in [-0.1, -0.05) is 18.2 Å². The van der Waals surface area contributed by atoms with Gasteiger partial charge in [-0.2, -0.15) is 0 Å². The number of hydrogen-bond acceptors (Lipinski definition) is 6. The predicted octanol–water partition coefficient (Wildman–Crippen LogP) is 0.709. The molecule has 2 aliphatic heterocycles. The van der Waals surface area contributed by atoms with Crippen molar-refractivity contribution in [3.8, 4) is 0 Å². The fourth-order valence-electron chi connectivity index (χ4n) is 3.61. The number of amides is 2. The van der Waals surface area contributed by atoms with Crippen molar-refractivity contribution in [2.75, 3.05) is 6.54 Å². The lowest BCUT2D eigenvalue weighted by molar-refractivity contribution is -0.160. The Morgan fingerprint density at radius 2 is 2.00 bits per heavy atom. The largest absolute Gasteiger partial charge is 0.460 e. The summed E-state index contributed by atoms with van der Waals surface area (Å²) in [7, 11) is 0. The number of carbonyl (C=O) groups excluding carboxylic acids is 4. The van der Waals surface area contributed by atoms with Crippen molar-refractivity contribution in [1.29, 1.82) is 0 Å². The molecule has 142 valence electrons. The molecule has 8 heteroatoms. The molecule has 4 rings (SSSR count). The van der Waals surface area contributed by atoms with Crippen molar-refractivity contribution in [3.63, 3.8) is 0 Å². The third kappa shape index (κ3) is 3.27. The maximum atomic E-state index is 12.7. The highest BCUT2D eigenvalue weighted by Gasteiger charge is 2.47. The van der Waals surface area contributed by atoms with E-state index in [9.17, 15) is 19.2 Å². The van der Waals surface area contributed by atoms with Crippen LogP contribution in [-0.2, 0) is 23.9 Å². The summed E-state index contributed by atoms with van der Waals surface area (Å²) in [5.74, 6) is -1.87. The smallest absolute Gasteiger partial charge is 0.347 e. The number of esters is 2.